The van der Waals surface area contributed by atoms with Gasteiger partial charge in [0.25, 0.3) is 11.8 Å². The van der Waals surface area contributed by atoms with Crippen LogP contribution in [-0.2, 0) is 0 Å². The van der Waals surface area contributed by atoms with Crippen molar-refractivity contribution < 1.29 is 19.5 Å². The maximum atomic E-state index is 12.4. The van der Waals surface area contributed by atoms with E-state index in [0.717, 1.165) is 0 Å². The molecule has 2 N–H and O–H groups in total. The highest BCUT2D eigenvalue weighted by Crippen LogP contribution is 2.26. The van der Waals surface area contributed by atoms with E-state index in [1.54, 1.807) is 12.1 Å². The molecule has 7 heteroatoms. The van der Waals surface area contributed by atoms with Gasteiger partial charge in [0.05, 0.1) is 17.7 Å². The molecule has 0 aliphatic carbocycles. The van der Waals surface area contributed by atoms with Crippen LogP contribution >= 0.6 is 0 Å². The lowest BCUT2D eigenvalue weighted by molar-refractivity contribution is 0.0636. The van der Waals surface area contributed by atoms with Crippen LogP contribution in [0.25, 0.3) is 0 Å². The van der Waals surface area contributed by atoms with E-state index in [1.807, 2.05) is 20.8 Å². The van der Waals surface area contributed by atoms with Gasteiger partial charge < -0.3 is 15.3 Å². The van der Waals surface area contributed by atoms with Gasteiger partial charge in [0.15, 0.2) is 0 Å². The van der Waals surface area contributed by atoms with Gasteiger partial charge in [-0.05, 0) is 31.0 Å². The molecule has 1 aliphatic heterocycles. The Labute approximate surface area is 141 Å². The molecular formula is C17H23N3O4. The fraction of sp³-hybridized carbons (Fsp3) is 0.471. The first-order chi connectivity index (χ1) is 11.4. The van der Waals surface area contributed by atoms with Crippen LogP contribution in [0.5, 0.6) is 0 Å². The third-order valence-electron chi connectivity index (χ3n) is 3.81. The fourth-order valence-electron chi connectivity index (χ4n) is 2.63. The molecular weight excluding hydrogens is 310 g/mol. The van der Waals surface area contributed by atoms with Gasteiger partial charge in [-0.15, -0.1) is 0 Å². The average molecular weight is 333 g/mol. The highest BCUT2D eigenvalue weighted by molar-refractivity contribution is 6.21. The minimum atomic E-state index is -0.359. The molecule has 1 heterocycles. The van der Waals surface area contributed by atoms with E-state index in [2.05, 4.69) is 5.32 Å². The quantitative estimate of drug-likeness (QED) is 0.777. The number of carbonyl (C=O) groups is 3. The lowest BCUT2D eigenvalue weighted by atomic mass is 10.1. The van der Waals surface area contributed by atoms with Gasteiger partial charge in [-0.3, -0.25) is 14.5 Å². The largest absolute Gasteiger partial charge is 0.395 e. The van der Waals surface area contributed by atoms with Crippen molar-refractivity contribution in [1.29, 1.82) is 0 Å². The Morgan fingerprint density at radius 1 is 1.25 bits per heavy atom. The summed E-state index contributed by atoms with van der Waals surface area (Å²) in [6.45, 7) is 6.62. The highest BCUT2D eigenvalue weighted by Gasteiger charge is 2.35. The van der Waals surface area contributed by atoms with Crippen molar-refractivity contribution in [2.75, 3.05) is 31.6 Å². The van der Waals surface area contributed by atoms with Crippen LogP contribution in [0.15, 0.2) is 18.2 Å². The zero-order valence-electron chi connectivity index (χ0n) is 14.2. The topological polar surface area (TPSA) is 89.9 Å². The summed E-state index contributed by atoms with van der Waals surface area (Å²) < 4.78 is 0. The Bertz CT molecular complexity index is 657. The second-order valence-electron chi connectivity index (χ2n) is 6.11. The molecule has 0 atom stereocenters. The van der Waals surface area contributed by atoms with Crippen LogP contribution in [0.1, 0.15) is 41.5 Å². The van der Waals surface area contributed by atoms with Crippen LogP contribution in [0.4, 0.5) is 10.5 Å². The molecule has 0 aromatic heterocycles. The Morgan fingerprint density at radius 2 is 1.92 bits per heavy atom. The van der Waals surface area contributed by atoms with Gasteiger partial charge in [-0.2, -0.15) is 0 Å². The number of anilines is 1. The summed E-state index contributed by atoms with van der Waals surface area (Å²) in [4.78, 5) is 39.5. The number of hydrogen-bond donors (Lipinski definition) is 2. The van der Waals surface area contributed by atoms with E-state index in [0.29, 0.717) is 29.9 Å². The standard InChI is InChI=1S/C17H23N3O4/c1-4-19(7-8-21)17(24)18-12-5-6-13-14(9-12)16(23)20(15(13)22)10-11(2)3/h5-6,9,11,21H,4,7-8,10H2,1-3H3,(H,18,24). The lowest BCUT2D eigenvalue weighted by Gasteiger charge is -2.20. The number of benzene rings is 1. The van der Waals surface area contributed by atoms with Crippen molar-refractivity contribution in [3.63, 3.8) is 0 Å². The van der Waals surface area contributed by atoms with Crippen LogP contribution < -0.4 is 5.32 Å². The molecule has 1 aromatic rings. The average Bonchev–Trinajstić information content (AvgIpc) is 2.77. The zero-order valence-corrected chi connectivity index (χ0v) is 14.2. The second-order valence-corrected chi connectivity index (χ2v) is 6.11. The van der Waals surface area contributed by atoms with Crippen molar-refractivity contribution in [2.24, 2.45) is 5.92 Å². The van der Waals surface area contributed by atoms with E-state index in [-0.39, 0.29) is 36.9 Å². The predicted octanol–water partition coefficient (Wildman–Crippen LogP) is 1.78. The maximum absolute atomic E-state index is 12.4. The van der Waals surface area contributed by atoms with Crippen molar-refractivity contribution in [3.05, 3.63) is 29.3 Å². The molecule has 24 heavy (non-hydrogen) atoms. The Hall–Kier alpha value is -2.41. The number of nitrogens with zero attached hydrogens (tertiary/aromatic N) is 2. The zero-order chi connectivity index (χ0) is 17.9. The number of fused-ring (bicyclic) bond motifs is 1. The number of aliphatic hydroxyl groups excluding tert-OH is 1. The molecule has 2 rings (SSSR count). The SMILES string of the molecule is CCN(CCO)C(=O)Nc1ccc2c(c1)C(=O)N(CC(C)C)C2=O. The maximum Gasteiger partial charge on any atom is 0.321 e. The number of imide groups is 1. The normalized spacial score (nSPS) is 13.5. The monoisotopic (exact) mass is 333 g/mol. The highest BCUT2D eigenvalue weighted by atomic mass is 16.3. The van der Waals surface area contributed by atoms with Crippen LogP contribution in [-0.4, -0.2) is 59.0 Å². The predicted molar refractivity (Wildman–Crippen MR) is 90.0 cm³/mol. The van der Waals surface area contributed by atoms with Gasteiger partial charge in [-0.1, -0.05) is 13.8 Å². The summed E-state index contributed by atoms with van der Waals surface area (Å²) in [6, 6.07) is 4.34. The Balaban J connectivity index is 2.19. The van der Waals surface area contributed by atoms with Crippen molar-refractivity contribution >= 4 is 23.5 Å². The number of hydrogen-bond acceptors (Lipinski definition) is 4. The van der Waals surface area contributed by atoms with Crippen LogP contribution in [0, 0.1) is 5.92 Å². The molecule has 4 amide bonds. The Morgan fingerprint density at radius 3 is 2.50 bits per heavy atom. The molecule has 0 spiro atoms. The van der Waals surface area contributed by atoms with E-state index in [9.17, 15) is 14.4 Å². The van der Waals surface area contributed by atoms with Crippen LogP contribution in [0.3, 0.4) is 0 Å². The lowest BCUT2D eigenvalue weighted by Crippen LogP contribution is -2.36. The second kappa shape index (κ2) is 7.44. The number of nitrogens with one attached hydrogen (secondary N) is 1. The first-order valence-electron chi connectivity index (χ1n) is 8.06. The first kappa shape index (κ1) is 17.9. The molecule has 0 unspecified atom stereocenters. The number of urea groups is 1. The molecule has 0 saturated heterocycles. The summed E-state index contributed by atoms with van der Waals surface area (Å²) in [6.07, 6.45) is 0. The molecule has 0 radical (unpaired) electrons. The summed E-state index contributed by atoms with van der Waals surface area (Å²) in [5.74, 6) is -0.442. The molecule has 130 valence electrons. The molecule has 1 aliphatic rings. The number of aliphatic hydroxyl groups is 1. The van der Waals surface area contributed by atoms with E-state index < -0.39 is 0 Å². The van der Waals surface area contributed by atoms with E-state index in [4.69, 9.17) is 5.11 Å². The van der Waals surface area contributed by atoms with Gasteiger partial charge in [-0.25, -0.2) is 4.79 Å². The van der Waals surface area contributed by atoms with Gasteiger partial charge >= 0.3 is 6.03 Å². The number of amides is 4. The molecule has 1 aromatic carbocycles. The third-order valence-corrected chi connectivity index (χ3v) is 3.81. The third kappa shape index (κ3) is 3.56. The minimum absolute atomic E-state index is 0.122. The molecule has 0 saturated carbocycles. The van der Waals surface area contributed by atoms with E-state index >= 15 is 0 Å². The smallest absolute Gasteiger partial charge is 0.321 e. The summed E-state index contributed by atoms with van der Waals surface area (Å²) in [5, 5.41) is 11.7. The Kier molecular flexibility index (Phi) is 5.56. The number of likely N-dealkylation sites (N-methyl/N-ethyl adjacent to an activating group) is 1. The van der Waals surface area contributed by atoms with Gasteiger partial charge in [0.2, 0.25) is 0 Å². The fourth-order valence-corrected chi connectivity index (χ4v) is 2.63. The van der Waals surface area contributed by atoms with Crippen molar-refractivity contribution in [2.45, 2.75) is 20.8 Å². The van der Waals surface area contributed by atoms with Crippen LogP contribution in [0.2, 0.25) is 0 Å². The molecule has 0 bridgehead atoms. The van der Waals surface area contributed by atoms with Gasteiger partial charge in [0, 0.05) is 25.3 Å². The summed E-state index contributed by atoms with van der Waals surface area (Å²) >= 11 is 0. The molecule has 7 nitrogen and oxygen atoms in total. The number of carbonyl (C=O) groups excluding carboxylic acids is 3. The summed E-state index contributed by atoms with van der Waals surface area (Å²) in [5.41, 5.74) is 1.12. The summed E-state index contributed by atoms with van der Waals surface area (Å²) in [7, 11) is 0. The number of rotatable bonds is 6. The van der Waals surface area contributed by atoms with E-state index in [1.165, 1.54) is 15.9 Å². The molecule has 0 fully saturated rings. The minimum Gasteiger partial charge on any atom is -0.395 e. The first-order valence-corrected chi connectivity index (χ1v) is 8.06. The van der Waals surface area contributed by atoms with Crippen molar-refractivity contribution in [1.82, 2.24) is 9.80 Å². The van der Waals surface area contributed by atoms with Crippen molar-refractivity contribution in [3.8, 4) is 0 Å². The van der Waals surface area contributed by atoms with Gasteiger partial charge in [0.1, 0.15) is 0 Å².